The second kappa shape index (κ2) is 9.47. The Morgan fingerprint density at radius 3 is 1.72 bits per heavy atom. The molecule has 0 aliphatic carbocycles. The Kier molecular flexibility index (Phi) is 5.30. The molecule has 0 N–H and O–H groups in total. The van der Waals surface area contributed by atoms with Crippen LogP contribution in [0.4, 0.5) is 5.69 Å². The van der Waals surface area contributed by atoms with Gasteiger partial charge in [0, 0.05) is 55.9 Å². The van der Waals surface area contributed by atoms with E-state index in [2.05, 4.69) is 162 Å². The molecule has 0 amide bonds. The molecule has 2 heteroatoms. The number of aromatic nitrogens is 1. The lowest BCUT2D eigenvalue weighted by atomic mass is 9.92. The van der Waals surface area contributed by atoms with Crippen LogP contribution in [0.2, 0.25) is 0 Å². The van der Waals surface area contributed by atoms with Crippen molar-refractivity contribution in [1.82, 2.24) is 4.98 Å². The highest BCUT2D eigenvalue weighted by Gasteiger charge is 2.34. The van der Waals surface area contributed by atoms with Crippen molar-refractivity contribution in [3.8, 4) is 11.1 Å². The van der Waals surface area contributed by atoms with Gasteiger partial charge in [0.1, 0.15) is 0 Å². The third-order valence-electron chi connectivity index (χ3n) is 8.98. The summed E-state index contributed by atoms with van der Waals surface area (Å²) in [6.07, 6.45) is 2.29. The fourth-order valence-electron chi connectivity index (χ4n) is 6.97. The molecule has 0 fully saturated rings. The first-order chi connectivity index (χ1) is 21.3. The van der Waals surface area contributed by atoms with E-state index in [9.17, 15) is 0 Å². The Balaban J connectivity index is 1.26. The summed E-state index contributed by atoms with van der Waals surface area (Å²) in [7, 11) is 0. The van der Waals surface area contributed by atoms with Crippen LogP contribution in [0, 0.1) is 0 Å². The lowest BCUT2D eigenvalue weighted by molar-refractivity contribution is -0.469. The summed E-state index contributed by atoms with van der Waals surface area (Å²) in [6, 6.07) is 54.9. The van der Waals surface area contributed by atoms with E-state index in [4.69, 9.17) is 4.98 Å². The molecule has 1 unspecified atom stereocenters. The van der Waals surface area contributed by atoms with E-state index in [0.717, 1.165) is 11.0 Å². The second-order valence-electron chi connectivity index (χ2n) is 11.4. The molecule has 0 radical (unpaired) electrons. The summed E-state index contributed by atoms with van der Waals surface area (Å²) >= 11 is 0. The molecule has 9 rings (SSSR count). The Morgan fingerprint density at radius 1 is 0.465 bits per heavy atom. The predicted octanol–water partition coefficient (Wildman–Crippen LogP) is 10.2. The van der Waals surface area contributed by atoms with Crippen molar-refractivity contribution in [1.29, 1.82) is 0 Å². The topological polar surface area (TPSA) is 15.9 Å². The van der Waals surface area contributed by atoms with Crippen LogP contribution >= 0.6 is 0 Å². The van der Waals surface area contributed by atoms with Crippen molar-refractivity contribution in [2.75, 3.05) is 0 Å². The number of nitrogens with zero attached hydrogens (tertiary/aromatic N) is 2. The first-order valence-corrected chi connectivity index (χ1v) is 14.8. The van der Waals surface area contributed by atoms with Gasteiger partial charge < -0.3 is 0 Å². The number of fused-ring (bicyclic) bond motifs is 7. The molecule has 0 saturated heterocycles. The van der Waals surface area contributed by atoms with E-state index >= 15 is 0 Å². The quantitative estimate of drug-likeness (QED) is 0.122. The lowest BCUT2D eigenvalue weighted by Gasteiger charge is -2.15. The number of rotatable bonds is 3. The molecule has 1 aliphatic rings. The zero-order valence-electron chi connectivity index (χ0n) is 23.5. The fraction of sp³-hybridized carbons (Fsp3) is 0.0244. The average molecular weight is 548 g/mol. The van der Waals surface area contributed by atoms with Gasteiger partial charge in [-0.2, -0.15) is 4.58 Å². The molecule has 200 valence electrons. The van der Waals surface area contributed by atoms with Gasteiger partial charge in [-0.15, -0.1) is 0 Å². The van der Waals surface area contributed by atoms with Gasteiger partial charge in [-0.25, -0.2) is 4.98 Å². The maximum Gasteiger partial charge on any atom is 0.210 e. The standard InChI is InChI=1S/C41H27N2/c1-2-12-30(13-3-1)41-35-17-9-6-14-31(35)26-43(41)32-22-18-29(19-23-32)38-36-24-20-27-10-4-7-15-33(27)39(36)42-40-34-16-8-5-11-28(34)21-25-37(38)40/h1-26,41H/q+1. The summed E-state index contributed by atoms with van der Waals surface area (Å²) in [6.45, 7) is 0. The first-order valence-electron chi connectivity index (χ1n) is 14.8. The van der Waals surface area contributed by atoms with Gasteiger partial charge in [0.05, 0.1) is 11.0 Å². The van der Waals surface area contributed by atoms with Crippen LogP contribution in [0.25, 0.3) is 54.5 Å². The van der Waals surface area contributed by atoms with Crippen LogP contribution in [-0.4, -0.2) is 15.8 Å². The highest BCUT2D eigenvalue weighted by atomic mass is 15.1. The van der Waals surface area contributed by atoms with Gasteiger partial charge in [0.25, 0.3) is 0 Å². The van der Waals surface area contributed by atoms with Crippen LogP contribution in [-0.2, 0) is 0 Å². The minimum atomic E-state index is 0.142. The monoisotopic (exact) mass is 547 g/mol. The van der Waals surface area contributed by atoms with Crippen molar-refractivity contribution < 1.29 is 4.58 Å². The van der Waals surface area contributed by atoms with Crippen molar-refractivity contribution in [3.63, 3.8) is 0 Å². The molecule has 0 saturated carbocycles. The number of benzene rings is 7. The number of hydrogen-bond acceptors (Lipinski definition) is 1. The van der Waals surface area contributed by atoms with Crippen LogP contribution in [0.3, 0.4) is 0 Å². The summed E-state index contributed by atoms with van der Waals surface area (Å²) in [5.41, 5.74) is 9.59. The normalized spacial score (nSPS) is 14.4. The maximum atomic E-state index is 5.35. The first kappa shape index (κ1) is 24.0. The van der Waals surface area contributed by atoms with Crippen LogP contribution in [0.1, 0.15) is 22.7 Å². The van der Waals surface area contributed by atoms with E-state index in [1.54, 1.807) is 0 Å². The SMILES string of the molecule is C1=[N+](c2ccc(-c3c4ccc5ccccc5c4nc4c3ccc3ccccc34)cc2)C(c2ccccc2)c2ccccc21. The molecule has 7 aromatic carbocycles. The lowest BCUT2D eigenvalue weighted by Crippen LogP contribution is -2.11. The van der Waals surface area contributed by atoms with Gasteiger partial charge in [-0.05, 0) is 34.5 Å². The van der Waals surface area contributed by atoms with Crippen molar-refractivity contribution in [3.05, 3.63) is 168 Å². The van der Waals surface area contributed by atoms with Gasteiger partial charge in [-0.3, -0.25) is 0 Å². The van der Waals surface area contributed by atoms with Crippen molar-refractivity contribution in [2.45, 2.75) is 6.04 Å². The van der Waals surface area contributed by atoms with E-state index in [0.29, 0.717) is 0 Å². The molecule has 2 heterocycles. The Bertz CT molecular complexity index is 2290. The molecular formula is C41H27N2+. The summed E-state index contributed by atoms with van der Waals surface area (Å²) in [4.78, 5) is 5.35. The maximum absolute atomic E-state index is 5.35. The molecule has 0 spiro atoms. The Labute approximate surface area is 249 Å². The molecule has 1 aromatic heterocycles. The second-order valence-corrected chi connectivity index (χ2v) is 11.4. The third-order valence-corrected chi connectivity index (χ3v) is 8.98. The smallest absolute Gasteiger partial charge is 0.210 e. The Morgan fingerprint density at radius 2 is 1.05 bits per heavy atom. The van der Waals surface area contributed by atoms with E-state index in [-0.39, 0.29) is 6.04 Å². The number of hydrogen-bond donors (Lipinski definition) is 0. The molecule has 43 heavy (non-hydrogen) atoms. The molecule has 2 nitrogen and oxygen atoms in total. The van der Waals surface area contributed by atoms with Gasteiger partial charge in [-0.1, -0.05) is 121 Å². The summed E-state index contributed by atoms with van der Waals surface area (Å²) in [5.74, 6) is 0. The molecule has 8 aromatic rings. The average Bonchev–Trinajstić information content (AvgIpc) is 3.47. The van der Waals surface area contributed by atoms with Crippen LogP contribution < -0.4 is 0 Å². The van der Waals surface area contributed by atoms with E-state index in [1.807, 2.05) is 0 Å². The zero-order valence-corrected chi connectivity index (χ0v) is 23.5. The van der Waals surface area contributed by atoms with Crippen molar-refractivity contribution >= 4 is 55.3 Å². The van der Waals surface area contributed by atoms with Gasteiger partial charge >= 0.3 is 0 Å². The Hall–Kier alpha value is -5.60. The van der Waals surface area contributed by atoms with Crippen LogP contribution in [0.15, 0.2) is 152 Å². The highest BCUT2D eigenvalue weighted by Crippen LogP contribution is 2.41. The van der Waals surface area contributed by atoms with Crippen LogP contribution in [0.5, 0.6) is 0 Å². The largest absolute Gasteiger partial charge is 0.246 e. The van der Waals surface area contributed by atoms with Gasteiger partial charge in [0.2, 0.25) is 11.7 Å². The third kappa shape index (κ3) is 3.73. The van der Waals surface area contributed by atoms with E-state index < -0.39 is 0 Å². The highest BCUT2D eigenvalue weighted by molar-refractivity contribution is 6.21. The van der Waals surface area contributed by atoms with E-state index in [1.165, 1.54) is 65.8 Å². The molecular weight excluding hydrogens is 520 g/mol. The summed E-state index contributed by atoms with van der Waals surface area (Å²) in [5, 5.41) is 7.14. The van der Waals surface area contributed by atoms with Crippen molar-refractivity contribution in [2.24, 2.45) is 0 Å². The fourth-order valence-corrected chi connectivity index (χ4v) is 6.97. The molecule has 0 bridgehead atoms. The summed E-state index contributed by atoms with van der Waals surface area (Å²) < 4.78 is 2.41. The van der Waals surface area contributed by atoms with Gasteiger partial charge in [0.15, 0.2) is 6.21 Å². The number of pyridine rings is 1. The molecule has 1 aliphatic heterocycles. The zero-order chi connectivity index (χ0) is 28.3. The minimum absolute atomic E-state index is 0.142. The molecule has 1 atom stereocenters. The minimum Gasteiger partial charge on any atom is -0.246 e. The predicted molar refractivity (Wildman–Crippen MR) is 180 cm³/mol.